The third-order valence-corrected chi connectivity index (χ3v) is 4.20. The first-order chi connectivity index (χ1) is 12.0. The van der Waals surface area contributed by atoms with Crippen molar-refractivity contribution in [3.8, 4) is 34.1 Å². The first-order valence-electron chi connectivity index (χ1n) is 7.96. The monoisotopic (exact) mass is 329 g/mol. The highest BCUT2D eigenvalue weighted by atomic mass is 16.5. The normalized spacial score (nSPS) is 10.3. The predicted octanol–water partition coefficient (Wildman–Crippen LogP) is 4.49. The number of rotatable bonds is 3. The molecular formula is C21H19N3O. The number of anilines is 1. The van der Waals surface area contributed by atoms with Gasteiger partial charge in [0.2, 0.25) is 0 Å². The van der Waals surface area contributed by atoms with Crippen molar-refractivity contribution < 1.29 is 4.74 Å². The third-order valence-electron chi connectivity index (χ3n) is 4.20. The van der Waals surface area contributed by atoms with Crippen molar-refractivity contribution in [2.75, 3.05) is 12.8 Å². The molecule has 2 aromatic carbocycles. The van der Waals surface area contributed by atoms with Crippen LogP contribution in [-0.2, 0) is 0 Å². The summed E-state index contributed by atoms with van der Waals surface area (Å²) >= 11 is 0. The number of pyridine rings is 1. The van der Waals surface area contributed by atoms with Crippen LogP contribution in [0.5, 0.6) is 5.75 Å². The van der Waals surface area contributed by atoms with E-state index in [2.05, 4.69) is 17.1 Å². The van der Waals surface area contributed by atoms with E-state index in [0.29, 0.717) is 5.56 Å². The lowest BCUT2D eigenvalue weighted by Gasteiger charge is -2.17. The number of nitrogens with zero attached hydrogens (tertiary/aromatic N) is 2. The number of hydrogen-bond acceptors (Lipinski definition) is 4. The number of methoxy groups -OCH3 is 1. The van der Waals surface area contributed by atoms with Gasteiger partial charge in [0.15, 0.2) is 0 Å². The van der Waals surface area contributed by atoms with Crippen molar-refractivity contribution in [3.63, 3.8) is 0 Å². The summed E-state index contributed by atoms with van der Waals surface area (Å²) in [6.45, 7) is 3.94. The lowest BCUT2D eigenvalue weighted by Crippen LogP contribution is -2.03. The van der Waals surface area contributed by atoms with E-state index < -0.39 is 0 Å². The number of aryl methyl sites for hydroxylation is 2. The lowest BCUT2D eigenvalue weighted by molar-refractivity contribution is 0.415. The molecular weight excluding hydrogens is 310 g/mol. The molecule has 0 aliphatic heterocycles. The molecule has 4 nitrogen and oxygen atoms in total. The molecule has 3 rings (SSSR count). The highest BCUT2D eigenvalue weighted by Crippen LogP contribution is 2.39. The molecule has 3 aromatic rings. The second-order valence-corrected chi connectivity index (χ2v) is 5.92. The number of nitrogen functional groups attached to an aromatic ring is 1. The Kier molecular flexibility index (Phi) is 4.40. The fraction of sp³-hybridized carbons (Fsp3) is 0.143. The third kappa shape index (κ3) is 3.05. The quantitative estimate of drug-likeness (QED) is 0.768. The summed E-state index contributed by atoms with van der Waals surface area (Å²) in [4.78, 5) is 4.40. The molecule has 4 heteroatoms. The Bertz CT molecular complexity index is 970. The molecule has 25 heavy (non-hydrogen) atoms. The zero-order chi connectivity index (χ0) is 18.0. The Hall–Kier alpha value is -3.32. The van der Waals surface area contributed by atoms with Gasteiger partial charge in [0.05, 0.1) is 7.11 Å². The number of ether oxygens (including phenoxy) is 1. The fourth-order valence-corrected chi connectivity index (χ4v) is 3.04. The molecule has 0 saturated heterocycles. The minimum atomic E-state index is 0.258. The van der Waals surface area contributed by atoms with Crippen LogP contribution < -0.4 is 10.5 Å². The summed E-state index contributed by atoms with van der Waals surface area (Å²) < 4.78 is 5.24. The number of hydrogen-bond donors (Lipinski definition) is 1. The van der Waals surface area contributed by atoms with E-state index in [1.807, 2.05) is 56.3 Å². The van der Waals surface area contributed by atoms with Gasteiger partial charge in [0.25, 0.3) is 0 Å². The van der Waals surface area contributed by atoms with Crippen molar-refractivity contribution in [2.24, 2.45) is 0 Å². The zero-order valence-corrected chi connectivity index (χ0v) is 14.5. The van der Waals surface area contributed by atoms with E-state index in [1.54, 1.807) is 7.11 Å². The van der Waals surface area contributed by atoms with Gasteiger partial charge in [-0.2, -0.15) is 5.26 Å². The largest absolute Gasteiger partial charge is 0.497 e. The maximum Gasteiger partial charge on any atom is 0.142 e. The standard InChI is InChI=1S/C21H19N3O/c1-13-5-4-6-16(11-13)20-18(12-22)21(23)24-14(2)19(20)15-7-9-17(25-3)10-8-15/h4-11H,1-3H3,(H2,23,24). The second kappa shape index (κ2) is 6.66. The van der Waals surface area contributed by atoms with Crippen LogP contribution in [0.3, 0.4) is 0 Å². The van der Waals surface area contributed by atoms with E-state index in [9.17, 15) is 5.26 Å². The average Bonchev–Trinajstić information content (AvgIpc) is 2.61. The minimum Gasteiger partial charge on any atom is -0.497 e. The van der Waals surface area contributed by atoms with E-state index >= 15 is 0 Å². The van der Waals surface area contributed by atoms with Crippen LogP contribution >= 0.6 is 0 Å². The molecule has 124 valence electrons. The SMILES string of the molecule is COc1ccc(-c2c(C)nc(N)c(C#N)c2-c2cccc(C)c2)cc1. The molecule has 0 atom stereocenters. The topological polar surface area (TPSA) is 71.9 Å². The summed E-state index contributed by atoms with van der Waals surface area (Å²) in [6.07, 6.45) is 0. The Balaban J connectivity index is 2.36. The van der Waals surface area contributed by atoms with Gasteiger partial charge < -0.3 is 10.5 Å². The summed E-state index contributed by atoms with van der Waals surface area (Å²) in [5.74, 6) is 1.04. The molecule has 0 spiro atoms. The molecule has 0 saturated carbocycles. The van der Waals surface area contributed by atoms with E-state index in [1.165, 1.54) is 0 Å². The van der Waals surface area contributed by atoms with Gasteiger partial charge in [-0.1, -0.05) is 42.0 Å². The van der Waals surface area contributed by atoms with Crippen LogP contribution in [0.4, 0.5) is 5.82 Å². The van der Waals surface area contributed by atoms with Crippen LogP contribution in [0, 0.1) is 25.2 Å². The Morgan fingerprint density at radius 3 is 2.32 bits per heavy atom. The van der Waals surface area contributed by atoms with E-state index in [0.717, 1.165) is 39.3 Å². The summed E-state index contributed by atoms with van der Waals surface area (Å²) in [7, 11) is 1.64. The molecule has 0 unspecified atom stereocenters. The number of nitrogens with two attached hydrogens (primary N) is 1. The van der Waals surface area contributed by atoms with E-state index in [4.69, 9.17) is 10.5 Å². The summed E-state index contributed by atoms with van der Waals surface area (Å²) in [5.41, 5.74) is 12.0. The summed E-state index contributed by atoms with van der Waals surface area (Å²) in [6, 6.07) is 18.0. The highest BCUT2D eigenvalue weighted by Gasteiger charge is 2.19. The number of nitriles is 1. The van der Waals surface area contributed by atoms with Crippen molar-refractivity contribution in [2.45, 2.75) is 13.8 Å². The van der Waals surface area contributed by atoms with Gasteiger partial charge >= 0.3 is 0 Å². The van der Waals surface area contributed by atoms with Gasteiger partial charge in [-0.25, -0.2) is 4.98 Å². The minimum absolute atomic E-state index is 0.258. The number of aromatic nitrogens is 1. The maximum atomic E-state index is 9.68. The maximum absolute atomic E-state index is 9.68. The van der Waals surface area contributed by atoms with Crippen molar-refractivity contribution >= 4 is 5.82 Å². The van der Waals surface area contributed by atoms with Gasteiger partial charge in [0, 0.05) is 16.8 Å². The van der Waals surface area contributed by atoms with E-state index in [-0.39, 0.29) is 5.82 Å². The Morgan fingerprint density at radius 2 is 1.72 bits per heavy atom. The van der Waals surface area contributed by atoms with Crippen LogP contribution in [0.25, 0.3) is 22.3 Å². The average molecular weight is 329 g/mol. The molecule has 0 aliphatic rings. The predicted molar refractivity (Wildman–Crippen MR) is 100 cm³/mol. The second-order valence-electron chi connectivity index (χ2n) is 5.92. The molecule has 0 bridgehead atoms. The van der Waals surface area contributed by atoms with Crippen LogP contribution in [-0.4, -0.2) is 12.1 Å². The molecule has 0 radical (unpaired) electrons. The Labute approximate surface area is 147 Å². The highest BCUT2D eigenvalue weighted by molar-refractivity contribution is 5.91. The lowest BCUT2D eigenvalue weighted by atomic mass is 9.89. The Morgan fingerprint density at radius 1 is 1.00 bits per heavy atom. The van der Waals surface area contributed by atoms with Crippen LogP contribution in [0.1, 0.15) is 16.8 Å². The van der Waals surface area contributed by atoms with Crippen LogP contribution in [0.15, 0.2) is 48.5 Å². The van der Waals surface area contributed by atoms with Crippen molar-refractivity contribution in [3.05, 3.63) is 65.4 Å². The molecule has 0 fully saturated rings. The van der Waals surface area contributed by atoms with Crippen molar-refractivity contribution in [1.82, 2.24) is 4.98 Å². The number of benzene rings is 2. The van der Waals surface area contributed by atoms with Gasteiger partial charge in [-0.05, 0) is 37.1 Å². The smallest absolute Gasteiger partial charge is 0.142 e. The zero-order valence-electron chi connectivity index (χ0n) is 14.5. The molecule has 1 heterocycles. The van der Waals surface area contributed by atoms with Crippen molar-refractivity contribution in [1.29, 1.82) is 5.26 Å². The first-order valence-corrected chi connectivity index (χ1v) is 7.96. The summed E-state index contributed by atoms with van der Waals surface area (Å²) in [5, 5.41) is 9.68. The molecule has 0 amide bonds. The van der Waals surface area contributed by atoms with Crippen LogP contribution in [0.2, 0.25) is 0 Å². The molecule has 2 N–H and O–H groups in total. The fourth-order valence-electron chi connectivity index (χ4n) is 3.04. The molecule has 0 aliphatic carbocycles. The van der Waals surface area contributed by atoms with Gasteiger partial charge in [0.1, 0.15) is 23.2 Å². The van der Waals surface area contributed by atoms with Gasteiger partial charge in [-0.3, -0.25) is 0 Å². The van der Waals surface area contributed by atoms with Gasteiger partial charge in [-0.15, -0.1) is 0 Å². The first kappa shape index (κ1) is 16.5. The molecule has 1 aromatic heterocycles.